The van der Waals surface area contributed by atoms with Crippen LogP contribution in [0.15, 0.2) is 48.5 Å². The molecule has 0 aliphatic rings. The Kier molecular flexibility index (Phi) is 7.14. The second-order valence-electron chi connectivity index (χ2n) is 5.89. The molecule has 0 aromatic heterocycles. The highest BCUT2D eigenvalue weighted by atomic mass is 16.5. The van der Waals surface area contributed by atoms with Crippen molar-refractivity contribution in [2.75, 3.05) is 18.5 Å². The molecule has 0 spiro atoms. The Hall–Kier alpha value is -2.69. The Morgan fingerprint density at radius 1 is 1.12 bits per heavy atom. The first kappa shape index (κ1) is 18.6. The van der Waals surface area contributed by atoms with Crippen LogP contribution in [0.3, 0.4) is 0 Å². The average Bonchev–Trinajstić information content (AvgIpc) is 2.60. The van der Waals surface area contributed by atoms with E-state index >= 15 is 0 Å². The number of anilines is 1. The van der Waals surface area contributed by atoms with Gasteiger partial charge in [0.05, 0.1) is 18.3 Å². The zero-order chi connectivity index (χ0) is 18.1. The third kappa shape index (κ3) is 6.37. The summed E-state index contributed by atoms with van der Waals surface area (Å²) in [4.78, 5) is 12.0. The number of rotatable bonds is 8. The molecule has 2 aromatic rings. The lowest BCUT2D eigenvalue weighted by Gasteiger charge is -2.15. The van der Waals surface area contributed by atoms with E-state index in [1.165, 1.54) is 5.56 Å². The Bertz CT molecular complexity index is 686. The van der Waals surface area contributed by atoms with E-state index in [4.69, 9.17) is 9.47 Å². The van der Waals surface area contributed by atoms with Gasteiger partial charge in [0.2, 0.25) is 0 Å². The number of carbonyl (C=O) groups excluding carboxylic acids is 1. The summed E-state index contributed by atoms with van der Waals surface area (Å²) in [7, 11) is 0. The number of aryl methyl sites for hydroxylation is 1. The molecule has 2 rings (SSSR count). The zero-order valence-corrected chi connectivity index (χ0v) is 15.0. The maximum absolute atomic E-state index is 12.0. The fraction of sp³-hybridized carbons (Fsp3) is 0.350. The fourth-order valence-corrected chi connectivity index (χ4v) is 2.28. The van der Waals surface area contributed by atoms with Crippen LogP contribution in [0.2, 0.25) is 0 Å². The van der Waals surface area contributed by atoms with E-state index in [0.717, 1.165) is 12.2 Å². The number of carbonyl (C=O) groups is 1. The third-order valence-corrected chi connectivity index (χ3v) is 3.46. The normalized spacial score (nSPS) is 10.4. The molecule has 0 aliphatic heterocycles. The van der Waals surface area contributed by atoms with Crippen molar-refractivity contribution >= 4 is 11.7 Å². The molecular weight excluding hydrogens is 316 g/mol. The van der Waals surface area contributed by atoms with Crippen molar-refractivity contribution in [3.63, 3.8) is 0 Å². The summed E-state index contributed by atoms with van der Waals surface area (Å²) in [6.45, 7) is 6.81. The summed E-state index contributed by atoms with van der Waals surface area (Å²) in [6, 6.07) is 15.0. The summed E-state index contributed by atoms with van der Waals surface area (Å²) in [5.74, 6) is 1.47. The minimum absolute atomic E-state index is 0.0401. The van der Waals surface area contributed by atoms with Crippen LogP contribution in [-0.2, 0) is 6.42 Å². The van der Waals surface area contributed by atoms with E-state index in [-0.39, 0.29) is 12.1 Å². The topological polar surface area (TPSA) is 59.6 Å². The maximum atomic E-state index is 12.0. The molecule has 2 amide bonds. The second-order valence-corrected chi connectivity index (χ2v) is 5.89. The molecule has 5 nitrogen and oxygen atoms in total. The number of hydrogen-bond acceptors (Lipinski definition) is 3. The molecule has 2 aromatic carbocycles. The summed E-state index contributed by atoms with van der Waals surface area (Å²) in [6.07, 6.45) is 1.01. The van der Waals surface area contributed by atoms with Gasteiger partial charge in [0.15, 0.2) is 0 Å². The highest BCUT2D eigenvalue weighted by Gasteiger charge is 2.08. The molecule has 0 aliphatic carbocycles. The quantitative estimate of drug-likeness (QED) is 0.706. The van der Waals surface area contributed by atoms with E-state index in [2.05, 4.69) is 23.6 Å². The molecular formula is C20H26N2O3. The molecule has 0 atom stereocenters. The lowest BCUT2D eigenvalue weighted by Crippen LogP contribution is -2.32. The number of ether oxygens (including phenoxy) is 2. The molecule has 0 radical (unpaired) electrons. The van der Waals surface area contributed by atoms with Crippen LogP contribution in [0, 0.1) is 0 Å². The highest BCUT2D eigenvalue weighted by Crippen LogP contribution is 2.24. The number of benzene rings is 2. The van der Waals surface area contributed by atoms with Crippen LogP contribution in [0.1, 0.15) is 26.3 Å². The monoisotopic (exact) mass is 342 g/mol. The van der Waals surface area contributed by atoms with Crippen molar-refractivity contribution in [1.82, 2.24) is 5.32 Å². The van der Waals surface area contributed by atoms with E-state index in [1.54, 1.807) is 0 Å². The lowest BCUT2D eigenvalue weighted by molar-refractivity contribution is 0.240. The molecule has 2 N–H and O–H groups in total. The number of urea groups is 1. The first-order valence-electron chi connectivity index (χ1n) is 8.60. The van der Waals surface area contributed by atoms with Gasteiger partial charge in [-0.3, -0.25) is 0 Å². The lowest BCUT2D eigenvalue weighted by atomic mass is 10.2. The predicted molar refractivity (Wildman–Crippen MR) is 101 cm³/mol. The first-order chi connectivity index (χ1) is 12.1. The van der Waals surface area contributed by atoms with Crippen molar-refractivity contribution in [3.05, 3.63) is 54.1 Å². The van der Waals surface area contributed by atoms with Gasteiger partial charge < -0.3 is 20.1 Å². The molecule has 0 saturated heterocycles. The molecule has 134 valence electrons. The van der Waals surface area contributed by atoms with Gasteiger partial charge in [-0.15, -0.1) is 0 Å². The molecule has 0 unspecified atom stereocenters. The first-order valence-corrected chi connectivity index (χ1v) is 8.60. The highest BCUT2D eigenvalue weighted by molar-refractivity contribution is 5.90. The summed E-state index contributed by atoms with van der Waals surface area (Å²) in [5, 5.41) is 5.58. The minimum atomic E-state index is -0.286. The van der Waals surface area contributed by atoms with Gasteiger partial charge in [-0.25, -0.2) is 4.79 Å². The Morgan fingerprint density at radius 2 is 1.92 bits per heavy atom. The predicted octanol–water partition coefficient (Wildman–Crippen LogP) is 4.24. The molecule has 0 bridgehead atoms. The van der Waals surface area contributed by atoms with Crippen molar-refractivity contribution in [1.29, 1.82) is 0 Å². The molecule has 0 heterocycles. The largest absolute Gasteiger partial charge is 0.492 e. The summed E-state index contributed by atoms with van der Waals surface area (Å²) in [5.41, 5.74) is 1.87. The fourth-order valence-electron chi connectivity index (χ4n) is 2.28. The third-order valence-electron chi connectivity index (χ3n) is 3.46. The van der Waals surface area contributed by atoms with Crippen molar-refractivity contribution in [2.45, 2.75) is 33.3 Å². The van der Waals surface area contributed by atoms with Crippen LogP contribution in [0.25, 0.3) is 0 Å². The van der Waals surface area contributed by atoms with E-state index < -0.39 is 0 Å². The van der Waals surface area contributed by atoms with E-state index in [1.807, 2.05) is 56.3 Å². The number of para-hydroxylation sites is 2. The number of nitrogens with one attached hydrogen (secondary N) is 2. The van der Waals surface area contributed by atoms with Crippen LogP contribution in [-0.4, -0.2) is 25.3 Å². The average molecular weight is 342 g/mol. The number of hydrogen-bond donors (Lipinski definition) is 2. The second kappa shape index (κ2) is 9.57. The summed E-state index contributed by atoms with van der Waals surface area (Å²) >= 11 is 0. The Labute approximate surface area is 149 Å². The zero-order valence-electron chi connectivity index (χ0n) is 15.0. The van der Waals surface area contributed by atoms with Gasteiger partial charge in [0.25, 0.3) is 0 Å². The standard InChI is InChI=1S/C20H26N2O3/c1-4-16-8-7-9-17(14-16)24-13-12-21-20(23)22-18-10-5-6-11-19(18)25-15(2)3/h5-11,14-15H,4,12-13H2,1-3H3,(H2,21,22,23). The van der Waals surface area contributed by atoms with Crippen molar-refractivity contribution < 1.29 is 14.3 Å². The SMILES string of the molecule is CCc1cccc(OCCNC(=O)Nc2ccccc2OC(C)C)c1. The van der Waals surface area contributed by atoms with E-state index in [9.17, 15) is 4.79 Å². The van der Waals surface area contributed by atoms with Crippen LogP contribution >= 0.6 is 0 Å². The van der Waals surface area contributed by atoms with Gasteiger partial charge in [-0.1, -0.05) is 31.2 Å². The molecule has 0 saturated carbocycles. The Balaban J connectivity index is 1.77. The van der Waals surface area contributed by atoms with Gasteiger partial charge in [0.1, 0.15) is 18.1 Å². The molecule has 5 heteroatoms. The maximum Gasteiger partial charge on any atom is 0.319 e. The van der Waals surface area contributed by atoms with Crippen molar-refractivity contribution in [3.8, 4) is 11.5 Å². The minimum Gasteiger partial charge on any atom is -0.492 e. The number of amides is 2. The van der Waals surface area contributed by atoms with Gasteiger partial charge in [-0.05, 0) is 50.1 Å². The van der Waals surface area contributed by atoms with Crippen LogP contribution in [0.4, 0.5) is 10.5 Å². The van der Waals surface area contributed by atoms with Gasteiger partial charge >= 0.3 is 6.03 Å². The van der Waals surface area contributed by atoms with Gasteiger partial charge in [-0.2, -0.15) is 0 Å². The Morgan fingerprint density at radius 3 is 2.68 bits per heavy atom. The summed E-state index contributed by atoms with van der Waals surface area (Å²) < 4.78 is 11.3. The van der Waals surface area contributed by atoms with Crippen LogP contribution < -0.4 is 20.1 Å². The van der Waals surface area contributed by atoms with Crippen LogP contribution in [0.5, 0.6) is 11.5 Å². The smallest absolute Gasteiger partial charge is 0.319 e. The molecule has 0 fully saturated rings. The van der Waals surface area contributed by atoms with Gasteiger partial charge in [0, 0.05) is 0 Å². The van der Waals surface area contributed by atoms with E-state index in [0.29, 0.717) is 24.6 Å². The van der Waals surface area contributed by atoms with Crippen molar-refractivity contribution in [2.24, 2.45) is 0 Å². The molecule has 25 heavy (non-hydrogen) atoms.